The molecule has 0 aromatic heterocycles. The third kappa shape index (κ3) is 15.4. The number of aliphatic hydroxyl groups is 1. The molecule has 0 aliphatic heterocycles. The molecule has 0 spiro atoms. The molecule has 73 heavy (non-hydrogen) atoms. The van der Waals surface area contributed by atoms with Crippen LogP contribution in [0.15, 0.2) is 147 Å². The molecule has 0 saturated carbocycles. The number of aromatic hydroxyl groups is 1. The highest BCUT2D eigenvalue weighted by atomic mass is 32.2. The van der Waals surface area contributed by atoms with Crippen LogP contribution in [0, 0.1) is 6.92 Å². The Kier molecular flexibility index (Phi) is 21.0. The van der Waals surface area contributed by atoms with Crippen LogP contribution in [0.1, 0.15) is 32.8 Å². The number of anilines is 4. The maximum absolute atomic E-state index is 13.3. The van der Waals surface area contributed by atoms with Gasteiger partial charge in [0.25, 0.3) is 40.4 Å². The predicted octanol–water partition coefficient (Wildman–Crippen LogP) is 8.67. The van der Waals surface area contributed by atoms with E-state index in [0.29, 0.717) is 41.4 Å². The van der Waals surface area contributed by atoms with Gasteiger partial charge >= 0.3 is 0 Å². The number of azo groups is 3. The Balaban J connectivity index is 0.00000165. The molecule has 6 aromatic rings. The molecule has 0 saturated heterocycles. The van der Waals surface area contributed by atoms with Gasteiger partial charge in [-0.1, -0.05) is 13.0 Å². The lowest BCUT2D eigenvalue weighted by Gasteiger charge is -2.21. The molecule has 390 valence electrons. The molecule has 6 rings (SSSR count). The zero-order chi connectivity index (χ0) is 55.1. The first-order valence-corrected chi connectivity index (χ1v) is 26.6. The Morgan fingerprint density at radius 1 is 0.589 bits per heavy atom. The lowest BCUT2D eigenvalue weighted by molar-refractivity contribution is -0.0987. The summed E-state index contributed by atoms with van der Waals surface area (Å²) in [6, 6.07) is 21.0. The molecule has 0 unspecified atom stereocenters. The Labute approximate surface area is 420 Å². The first-order valence-electron chi connectivity index (χ1n) is 20.8. The SMILES string of the molecule is C=O.C=O.CCCO.CCN(CC)c1ccc(N=Nc2ccc(NS(=O)(=O)c3ccc(N=Nc4c(S(=O)(=O)O)cc5cc(S(=O)(=O)O)c(N=Nc6ccc(C)cc6S(=O)(=O)O)c(O)c5c4N)cc3)cc2)c(N)c1. The quantitative estimate of drug-likeness (QED) is 0.0255. The maximum atomic E-state index is 13.3. The van der Waals surface area contributed by atoms with Gasteiger partial charge in [-0.3, -0.25) is 18.4 Å². The number of hydrogen-bond acceptors (Lipinski definition) is 21. The number of rotatable bonds is 16. The number of fused-ring (bicyclic) bond motifs is 1. The van der Waals surface area contributed by atoms with Crippen molar-refractivity contribution >= 4 is 122 Å². The van der Waals surface area contributed by atoms with Crippen LogP contribution >= 0.6 is 0 Å². The number of carbonyl (C=O) groups is 2. The van der Waals surface area contributed by atoms with Crippen LogP contribution in [0.4, 0.5) is 56.9 Å². The minimum Gasteiger partial charge on any atom is -0.505 e. The molecule has 0 atom stereocenters. The number of nitrogens with one attached hydrogen (secondary N) is 1. The molecule has 0 bridgehead atoms. The lowest BCUT2D eigenvalue weighted by Crippen LogP contribution is -2.21. The van der Waals surface area contributed by atoms with Crippen molar-refractivity contribution in [1.29, 1.82) is 0 Å². The van der Waals surface area contributed by atoms with Crippen molar-refractivity contribution in [3.63, 3.8) is 0 Å². The smallest absolute Gasteiger partial charge is 0.296 e. The van der Waals surface area contributed by atoms with E-state index >= 15 is 0 Å². The summed E-state index contributed by atoms with van der Waals surface area (Å²) in [4.78, 5) is 15.0. The topological polar surface area (TPSA) is 413 Å². The normalized spacial score (nSPS) is 11.9. The van der Waals surface area contributed by atoms with Crippen molar-refractivity contribution < 1.29 is 67.1 Å². The molecule has 29 heteroatoms. The average Bonchev–Trinajstić information content (AvgIpc) is 3.34. The molecule has 6 aromatic carbocycles. The average molecular weight is 1090 g/mol. The van der Waals surface area contributed by atoms with Crippen molar-refractivity contribution in [3.8, 4) is 5.75 Å². The van der Waals surface area contributed by atoms with Gasteiger partial charge in [-0.15, -0.1) is 20.5 Å². The molecule has 0 aliphatic carbocycles. The summed E-state index contributed by atoms with van der Waals surface area (Å²) in [5, 5.41) is 41.7. The standard InChI is InChI=1S/C39H38N10O12S4.C3H8O.2CH2O/c1-4-49(5-2)27-13-17-30(29(40)21-27)44-42-24-7-9-26(10-8-24)48-62(51,52)28-14-11-25(12-15-28)43-46-37-33(64(56,57)58)19-23-20-34(65(59,60)61)38(39(50)35(23)36(37)41)47-45-31-16-6-22(3)18-32(31)63(53,54)55;1-2-3-4;2*1-2/h6-21,48,50H,4-5,40-41H2,1-3H3,(H,53,54,55)(H,56,57,58)(H,59,60,61);4H,2-3H2,1H3;2*1H2. The number of nitrogens with zero attached hydrogens (tertiary/aromatic N) is 7. The number of benzene rings is 6. The summed E-state index contributed by atoms with van der Waals surface area (Å²) in [6.07, 6.45) is 0.875. The summed E-state index contributed by atoms with van der Waals surface area (Å²) in [7, 11) is -19.6. The number of phenols is 1. The van der Waals surface area contributed by atoms with Crippen molar-refractivity contribution in [3.05, 3.63) is 103 Å². The molecule has 0 aliphatic rings. The molecule has 25 nitrogen and oxygen atoms in total. The zero-order valence-corrected chi connectivity index (χ0v) is 42.5. The van der Waals surface area contributed by atoms with Gasteiger partial charge in [-0.25, -0.2) is 8.42 Å². The van der Waals surface area contributed by atoms with E-state index in [4.69, 9.17) is 26.2 Å². The molecular formula is C44H50N10O15S4. The fourth-order valence-corrected chi connectivity index (χ4v) is 9.35. The van der Waals surface area contributed by atoms with Crippen LogP contribution in [-0.4, -0.2) is 90.8 Å². The number of phenolic OH excluding ortho intramolecular Hbond substituents is 1. The van der Waals surface area contributed by atoms with Crippen molar-refractivity contribution in [2.45, 2.75) is 53.7 Å². The number of nitrogen functional groups attached to an aromatic ring is 2. The second-order valence-electron chi connectivity index (χ2n) is 14.6. The Bertz CT molecular complexity index is 3480. The van der Waals surface area contributed by atoms with Crippen LogP contribution in [0.3, 0.4) is 0 Å². The second kappa shape index (κ2) is 25.7. The Morgan fingerprint density at radius 3 is 1.55 bits per heavy atom. The minimum atomic E-state index is -5.30. The Hall–Kier alpha value is -7.64. The van der Waals surface area contributed by atoms with E-state index in [-0.39, 0.29) is 16.3 Å². The number of carbonyl (C=O) groups excluding carboxylic acids is 2. The van der Waals surface area contributed by atoms with Gasteiger partial charge in [-0.05, 0) is 129 Å². The van der Waals surface area contributed by atoms with E-state index < -0.39 is 94.3 Å². The third-order valence-corrected chi connectivity index (χ3v) is 13.7. The minimum absolute atomic E-state index is 0.0593. The highest BCUT2D eigenvalue weighted by Crippen LogP contribution is 2.48. The summed E-state index contributed by atoms with van der Waals surface area (Å²) in [5.41, 5.74) is 12.2. The summed E-state index contributed by atoms with van der Waals surface area (Å²) < 4.78 is 133. The predicted molar refractivity (Wildman–Crippen MR) is 273 cm³/mol. The van der Waals surface area contributed by atoms with E-state index in [1.807, 2.05) is 46.5 Å². The monoisotopic (exact) mass is 1090 g/mol. The molecule has 10 N–H and O–H groups in total. The van der Waals surface area contributed by atoms with Crippen molar-refractivity contribution in [2.75, 3.05) is 40.8 Å². The van der Waals surface area contributed by atoms with E-state index in [2.05, 4.69) is 40.3 Å². The van der Waals surface area contributed by atoms with Gasteiger partial charge in [-0.2, -0.15) is 35.5 Å². The van der Waals surface area contributed by atoms with Crippen LogP contribution < -0.4 is 21.1 Å². The van der Waals surface area contributed by atoms with E-state index in [1.165, 1.54) is 49.4 Å². The van der Waals surface area contributed by atoms with Gasteiger partial charge in [0.05, 0.1) is 33.0 Å². The zero-order valence-electron chi connectivity index (χ0n) is 39.2. The lowest BCUT2D eigenvalue weighted by atomic mass is 10.1. The molecule has 0 fully saturated rings. The van der Waals surface area contributed by atoms with Crippen LogP contribution in [-0.2, 0) is 50.0 Å². The third-order valence-electron chi connectivity index (χ3n) is 9.69. The van der Waals surface area contributed by atoms with Gasteiger partial charge in [0.15, 0.2) is 5.75 Å². The number of nitrogens with two attached hydrogens (primary N) is 2. The molecular weight excluding hydrogens is 1040 g/mol. The number of aliphatic hydroxyl groups excluding tert-OH is 1. The van der Waals surface area contributed by atoms with Crippen LogP contribution in [0.5, 0.6) is 5.75 Å². The molecule has 0 radical (unpaired) electrons. The summed E-state index contributed by atoms with van der Waals surface area (Å²) in [5.74, 6) is -1.13. The number of aryl methyl sites for hydroxylation is 1. The van der Waals surface area contributed by atoms with Gasteiger partial charge < -0.3 is 36.2 Å². The van der Waals surface area contributed by atoms with E-state index in [9.17, 15) is 52.4 Å². The first kappa shape index (κ1) is 59.7. The second-order valence-corrected chi connectivity index (χ2v) is 20.4. The largest absolute Gasteiger partial charge is 0.505 e. The molecule has 0 heterocycles. The van der Waals surface area contributed by atoms with Crippen molar-refractivity contribution in [1.82, 2.24) is 0 Å². The highest BCUT2D eigenvalue weighted by Gasteiger charge is 2.28. The first-order chi connectivity index (χ1) is 34.3. The fourth-order valence-electron chi connectivity index (χ4n) is 6.26. The van der Waals surface area contributed by atoms with Crippen LogP contribution in [0.25, 0.3) is 10.8 Å². The van der Waals surface area contributed by atoms with Gasteiger partial charge in [0, 0.05) is 31.1 Å². The van der Waals surface area contributed by atoms with Crippen LogP contribution in [0.2, 0.25) is 0 Å². The summed E-state index contributed by atoms with van der Waals surface area (Å²) in [6.45, 7) is 13.4. The number of hydrogen-bond donors (Lipinski definition) is 8. The maximum Gasteiger partial charge on any atom is 0.296 e. The Morgan fingerprint density at radius 2 is 1.05 bits per heavy atom. The van der Waals surface area contributed by atoms with Gasteiger partial charge in [0.1, 0.15) is 51.0 Å². The molecule has 0 amide bonds. The number of sulfonamides is 1. The van der Waals surface area contributed by atoms with Crippen molar-refractivity contribution in [2.24, 2.45) is 30.7 Å². The fraction of sp³-hybridized carbons (Fsp3) is 0.182. The van der Waals surface area contributed by atoms with Gasteiger partial charge in [0.2, 0.25) is 0 Å². The summed E-state index contributed by atoms with van der Waals surface area (Å²) >= 11 is 0. The van der Waals surface area contributed by atoms with E-state index in [1.54, 1.807) is 6.07 Å². The highest BCUT2D eigenvalue weighted by molar-refractivity contribution is 7.92. The van der Waals surface area contributed by atoms with E-state index in [0.717, 1.165) is 49.5 Å².